The molecule has 8 heteroatoms. The Labute approximate surface area is 148 Å². The van der Waals surface area contributed by atoms with E-state index in [1.54, 1.807) is 18.2 Å². The highest BCUT2D eigenvalue weighted by atomic mass is 35.5. The van der Waals surface area contributed by atoms with Gasteiger partial charge in [0.1, 0.15) is 11.4 Å². The maximum absolute atomic E-state index is 12.1. The molecule has 24 heavy (non-hydrogen) atoms. The second kappa shape index (κ2) is 8.28. The third kappa shape index (κ3) is 4.35. The third-order valence-corrected chi connectivity index (χ3v) is 4.26. The van der Waals surface area contributed by atoms with Crippen molar-refractivity contribution in [2.45, 2.75) is 25.8 Å². The van der Waals surface area contributed by atoms with Crippen molar-refractivity contribution in [3.63, 3.8) is 0 Å². The summed E-state index contributed by atoms with van der Waals surface area (Å²) in [7, 11) is 0. The number of hydrogen-bond donors (Lipinski definition) is 3. The van der Waals surface area contributed by atoms with Crippen LogP contribution in [-0.2, 0) is 6.42 Å². The van der Waals surface area contributed by atoms with Crippen molar-refractivity contribution >= 4 is 29.1 Å². The van der Waals surface area contributed by atoms with E-state index in [1.807, 2.05) is 6.92 Å². The largest absolute Gasteiger partial charge is 0.394 e. The Morgan fingerprint density at radius 1 is 1.38 bits per heavy atom. The SMILES string of the molecule is CC[C@H](CO)NC(=O)c1cnc(Cc2c(Cl)cccc2Cl)[nH]c1=O. The van der Waals surface area contributed by atoms with Crippen molar-refractivity contribution in [1.82, 2.24) is 15.3 Å². The molecule has 1 aromatic carbocycles. The van der Waals surface area contributed by atoms with E-state index in [9.17, 15) is 9.59 Å². The molecular formula is C16H17Cl2N3O3. The van der Waals surface area contributed by atoms with Crippen molar-refractivity contribution in [1.29, 1.82) is 0 Å². The fourth-order valence-electron chi connectivity index (χ4n) is 2.09. The first-order valence-electron chi connectivity index (χ1n) is 7.39. The Morgan fingerprint density at radius 2 is 2.04 bits per heavy atom. The lowest BCUT2D eigenvalue weighted by Crippen LogP contribution is -2.39. The lowest BCUT2D eigenvalue weighted by molar-refractivity contribution is 0.0913. The number of amides is 1. The average molecular weight is 370 g/mol. The van der Waals surface area contributed by atoms with E-state index in [-0.39, 0.29) is 18.6 Å². The predicted octanol–water partition coefficient (Wildman–Crippen LogP) is 2.17. The van der Waals surface area contributed by atoms with Crippen LogP contribution >= 0.6 is 23.2 Å². The Kier molecular flexibility index (Phi) is 6.36. The van der Waals surface area contributed by atoms with Gasteiger partial charge in [0, 0.05) is 22.7 Å². The van der Waals surface area contributed by atoms with Gasteiger partial charge < -0.3 is 15.4 Å². The normalized spacial score (nSPS) is 12.0. The van der Waals surface area contributed by atoms with Gasteiger partial charge in [-0.05, 0) is 24.1 Å². The zero-order valence-corrected chi connectivity index (χ0v) is 14.5. The minimum absolute atomic E-state index is 0.115. The van der Waals surface area contributed by atoms with Crippen molar-refractivity contribution in [3.8, 4) is 0 Å². The summed E-state index contributed by atoms with van der Waals surface area (Å²) in [6.45, 7) is 1.62. The molecule has 2 rings (SSSR count). The summed E-state index contributed by atoms with van der Waals surface area (Å²) < 4.78 is 0. The number of aliphatic hydroxyl groups excluding tert-OH is 1. The van der Waals surface area contributed by atoms with E-state index in [4.69, 9.17) is 28.3 Å². The van der Waals surface area contributed by atoms with Crippen LogP contribution in [0.5, 0.6) is 0 Å². The summed E-state index contributed by atoms with van der Waals surface area (Å²) >= 11 is 12.2. The van der Waals surface area contributed by atoms with E-state index in [0.29, 0.717) is 27.9 Å². The van der Waals surface area contributed by atoms with Crippen LogP contribution in [0.15, 0.2) is 29.2 Å². The molecule has 1 atom stereocenters. The van der Waals surface area contributed by atoms with Crippen LogP contribution in [0.4, 0.5) is 0 Å². The number of H-pyrrole nitrogens is 1. The van der Waals surface area contributed by atoms with Crippen molar-refractivity contribution in [2.24, 2.45) is 0 Å². The van der Waals surface area contributed by atoms with Gasteiger partial charge in [-0.15, -0.1) is 0 Å². The highest BCUT2D eigenvalue weighted by molar-refractivity contribution is 6.36. The zero-order chi connectivity index (χ0) is 17.7. The number of nitrogens with zero attached hydrogens (tertiary/aromatic N) is 1. The molecule has 0 saturated heterocycles. The van der Waals surface area contributed by atoms with Crippen LogP contribution in [-0.4, -0.2) is 33.6 Å². The molecule has 3 N–H and O–H groups in total. The second-order valence-electron chi connectivity index (χ2n) is 5.21. The molecule has 1 amide bonds. The van der Waals surface area contributed by atoms with E-state index in [0.717, 1.165) is 0 Å². The van der Waals surface area contributed by atoms with Gasteiger partial charge in [0.25, 0.3) is 11.5 Å². The summed E-state index contributed by atoms with van der Waals surface area (Å²) in [4.78, 5) is 30.8. The summed E-state index contributed by atoms with van der Waals surface area (Å²) in [6.07, 6.45) is 2.00. The molecule has 1 heterocycles. The van der Waals surface area contributed by atoms with E-state index in [1.165, 1.54) is 6.20 Å². The van der Waals surface area contributed by atoms with Crippen LogP contribution in [0, 0.1) is 0 Å². The summed E-state index contributed by atoms with van der Waals surface area (Å²) in [6, 6.07) is 4.71. The molecule has 0 radical (unpaired) electrons. The number of halogens is 2. The first kappa shape index (κ1) is 18.4. The van der Waals surface area contributed by atoms with Crippen molar-refractivity contribution in [2.75, 3.05) is 6.61 Å². The van der Waals surface area contributed by atoms with Gasteiger partial charge in [0.15, 0.2) is 0 Å². The topological polar surface area (TPSA) is 95.1 Å². The van der Waals surface area contributed by atoms with Crippen molar-refractivity contribution < 1.29 is 9.90 Å². The monoisotopic (exact) mass is 369 g/mol. The molecule has 2 aromatic rings. The Hall–Kier alpha value is -1.89. The first-order valence-corrected chi connectivity index (χ1v) is 8.14. The minimum atomic E-state index is -0.577. The number of carbonyl (C=O) groups excluding carboxylic acids is 1. The van der Waals surface area contributed by atoms with Gasteiger partial charge in [-0.3, -0.25) is 9.59 Å². The highest BCUT2D eigenvalue weighted by Gasteiger charge is 2.16. The van der Waals surface area contributed by atoms with Crippen LogP contribution in [0.2, 0.25) is 10.0 Å². The Bertz CT molecular complexity index is 768. The maximum Gasteiger partial charge on any atom is 0.263 e. The molecule has 0 spiro atoms. The molecule has 0 saturated carbocycles. The standard InChI is InChI=1S/C16H17Cl2N3O3/c1-2-9(8-22)20-15(23)11-7-19-14(21-16(11)24)6-10-12(17)4-3-5-13(10)18/h3-5,7,9,22H,2,6,8H2,1H3,(H,20,23)(H,19,21,24)/t9-/m1/s1. The number of aromatic amines is 1. The average Bonchev–Trinajstić information content (AvgIpc) is 2.56. The summed E-state index contributed by atoms with van der Waals surface area (Å²) in [5.74, 6) is -0.229. The molecule has 128 valence electrons. The van der Waals surface area contributed by atoms with Gasteiger partial charge >= 0.3 is 0 Å². The number of nitrogens with one attached hydrogen (secondary N) is 2. The lowest BCUT2D eigenvalue weighted by atomic mass is 10.1. The molecule has 0 aliphatic heterocycles. The van der Waals surface area contributed by atoms with Crippen LogP contribution in [0.3, 0.4) is 0 Å². The van der Waals surface area contributed by atoms with Crippen LogP contribution in [0.25, 0.3) is 0 Å². The highest BCUT2D eigenvalue weighted by Crippen LogP contribution is 2.25. The fraction of sp³-hybridized carbons (Fsp3) is 0.312. The molecule has 0 aliphatic carbocycles. The van der Waals surface area contributed by atoms with Crippen molar-refractivity contribution in [3.05, 3.63) is 61.7 Å². The zero-order valence-electron chi connectivity index (χ0n) is 13.0. The summed E-state index contributed by atoms with van der Waals surface area (Å²) in [5, 5.41) is 12.6. The van der Waals surface area contributed by atoms with E-state index in [2.05, 4.69) is 15.3 Å². The maximum atomic E-state index is 12.1. The van der Waals surface area contributed by atoms with Gasteiger partial charge in [-0.2, -0.15) is 0 Å². The molecular weight excluding hydrogens is 353 g/mol. The summed E-state index contributed by atoms with van der Waals surface area (Å²) in [5.41, 5.74) is -0.0307. The quantitative estimate of drug-likeness (QED) is 0.726. The van der Waals surface area contributed by atoms with Crippen LogP contribution < -0.4 is 10.9 Å². The Morgan fingerprint density at radius 3 is 2.58 bits per heavy atom. The molecule has 1 aromatic heterocycles. The molecule has 0 unspecified atom stereocenters. The fourth-order valence-corrected chi connectivity index (χ4v) is 2.62. The first-order chi connectivity index (χ1) is 11.5. The minimum Gasteiger partial charge on any atom is -0.394 e. The lowest BCUT2D eigenvalue weighted by Gasteiger charge is -2.13. The van der Waals surface area contributed by atoms with Gasteiger partial charge in [0.2, 0.25) is 0 Å². The van der Waals surface area contributed by atoms with Crippen LogP contribution in [0.1, 0.15) is 35.1 Å². The molecule has 0 fully saturated rings. The number of benzene rings is 1. The number of rotatable bonds is 6. The molecule has 0 aliphatic rings. The second-order valence-corrected chi connectivity index (χ2v) is 6.03. The van der Waals surface area contributed by atoms with Gasteiger partial charge in [-0.25, -0.2) is 4.98 Å². The third-order valence-electron chi connectivity index (χ3n) is 3.55. The number of aromatic nitrogens is 2. The number of carbonyl (C=O) groups is 1. The number of aliphatic hydroxyl groups is 1. The predicted molar refractivity (Wildman–Crippen MR) is 92.8 cm³/mol. The molecule has 0 bridgehead atoms. The van der Waals surface area contributed by atoms with Gasteiger partial charge in [-0.1, -0.05) is 36.2 Å². The Balaban J connectivity index is 2.21. The van der Waals surface area contributed by atoms with E-state index >= 15 is 0 Å². The van der Waals surface area contributed by atoms with E-state index < -0.39 is 17.5 Å². The smallest absolute Gasteiger partial charge is 0.263 e. The van der Waals surface area contributed by atoms with Gasteiger partial charge in [0.05, 0.1) is 12.6 Å². The molecule has 6 nitrogen and oxygen atoms in total. The number of hydrogen-bond acceptors (Lipinski definition) is 4.